The van der Waals surface area contributed by atoms with Crippen molar-refractivity contribution < 1.29 is 4.58 Å². The molecule has 2 aliphatic rings. The van der Waals surface area contributed by atoms with E-state index < -0.39 is 0 Å². The Labute approximate surface area is 90.4 Å². The zero-order chi connectivity index (χ0) is 10.5. The van der Waals surface area contributed by atoms with Crippen LogP contribution in [0, 0.1) is 0 Å². The Balaban J connectivity index is 2.26. The van der Waals surface area contributed by atoms with Crippen molar-refractivity contribution in [3.63, 3.8) is 0 Å². The molecule has 1 spiro atoms. The van der Waals surface area contributed by atoms with Gasteiger partial charge in [-0.3, -0.25) is 5.73 Å². The molecular weight excluding hydrogens is 184 g/mol. The van der Waals surface area contributed by atoms with Gasteiger partial charge in [0, 0.05) is 5.56 Å². The van der Waals surface area contributed by atoms with Crippen molar-refractivity contribution in [1.82, 2.24) is 0 Å². The van der Waals surface area contributed by atoms with Crippen molar-refractivity contribution in [1.29, 1.82) is 0 Å². The first-order valence-corrected chi connectivity index (χ1v) is 5.72. The predicted molar refractivity (Wildman–Crippen MR) is 61.6 cm³/mol. The Morgan fingerprint density at radius 1 is 1.20 bits per heavy atom. The molecular formula is C13H17N2+. The summed E-state index contributed by atoms with van der Waals surface area (Å²) in [4.78, 5) is 0. The number of hydrogen-bond donors (Lipinski definition) is 1. The minimum absolute atomic E-state index is 0.172. The Kier molecular flexibility index (Phi) is 1.70. The average Bonchev–Trinajstić information content (AvgIpc) is 2.83. The minimum Gasteiger partial charge on any atom is -0.290 e. The van der Waals surface area contributed by atoms with Gasteiger partial charge < -0.3 is 0 Å². The zero-order valence-corrected chi connectivity index (χ0v) is 9.16. The van der Waals surface area contributed by atoms with Crippen molar-refractivity contribution >= 4 is 11.5 Å². The standard InChI is InChI=1S/C13H16N2/c1-15-11-7-3-2-6-10(11)13(12(15)14)8-4-5-9-13/h2-3,6-7,14H,4-5,8-9H2,1H3/p+1. The maximum Gasteiger partial charge on any atom is 0.258 e. The molecule has 1 aliphatic carbocycles. The van der Waals surface area contributed by atoms with E-state index in [1.165, 1.54) is 36.9 Å². The third kappa shape index (κ3) is 0.969. The van der Waals surface area contributed by atoms with Gasteiger partial charge in [-0.25, -0.2) is 4.58 Å². The van der Waals surface area contributed by atoms with Gasteiger partial charge in [0.05, 0.1) is 12.5 Å². The predicted octanol–water partition coefficient (Wildman–Crippen LogP) is 2.14. The van der Waals surface area contributed by atoms with Gasteiger partial charge in [-0.2, -0.15) is 0 Å². The van der Waals surface area contributed by atoms with Gasteiger partial charge in [-0.1, -0.05) is 31.0 Å². The van der Waals surface area contributed by atoms with E-state index in [2.05, 4.69) is 35.9 Å². The molecule has 2 nitrogen and oxygen atoms in total. The van der Waals surface area contributed by atoms with E-state index in [1.807, 2.05) is 0 Å². The summed E-state index contributed by atoms with van der Waals surface area (Å²) in [5.41, 5.74) is 9.23. The monoisotopic (exact) mass is 201 g/mol. The fourth-order valence-corrected chi connectivity index (χ4v) is 3.26. The van der Waals surface area contributed by atoms with Crippen LogP contribution in [-0.4, -0.2) is 17.5 Å². The number of fused-ring (bicyclic) bond motifs is 2. The van der Waals surface area contributed by atoms with E-state index >= 15 is 0 Å². The van der Waals surface area contributed by atoms with E-state index in [1.54, 1.807) is 0 Å². The molecule has 78 valence electrons. The molecule has 0 aromatic heterocycles. The molecule has 0 bridgehead atoms. The van der Waals surface area contributed by atoms with Gasteiger partial charge in [-0.05, 0) is 18.9 Å². The SMILES string of the molecule is C[N+]1=C(N)C2(CCCC2)c2ccccc21. The lowest BCUT2D eigenvalue weighted by molar-refractivity contribution is -0.403. The number of nitrogens with zero attached hydrogens (tertiary/aromatic N) is 1. The van der Waals surface area contributed by atoms with E-state index in [9.17, 15) is 0 Å². The van der Waals surface area contributed by atoms with Crippen molar-refractivity contribution in [3.8, 4) is 0 Å². The number of rotatable bonds is 0. The number of nitrogens with two attached hydrogens (primary N) is 1. The van der Waals surface area contributed by atoms with Crippen LogP contribution in [0.1, 0.15) is 31.2 Å². The number of amidine groups is 1. The summed E-state index contributed by atoms with van der Waals surface area (Å²) in [5, 5.41) is 0. The smallest absolute Gasteiger partial charge is 0.258 e. The highest BCUT2D eigenvalue weighted by atomic mass is 15.1. The second-order valence-corrected chi connectivity index (χ2v) is 4.75. The molecule has 1 aromatic rings. The lowest BCUT2D eigenvalue weighted by atomic mass is 9.79. The zero-order valence-electron chi connectivity index (χ0n) is 9.16. The summed E-state index contributed by atoms with van der Waals surface area (Å²) in [7, 11) is 2.08. The van der Waals surface area contributed by atoms with Crippen LogP contribution in [-0.2, 0) is 5.41 Å². The third-order valence-electron chi connectivity index (χ3n) is 4.09. The molecule has 2 N–H and O–H groups in total. The first-order valence-electron chi connectivity index (χ1n) is 5.72. The molecule has 0 atom stereocenters. The molecule has 0 unspecified atom stereocenters. The van der Waals surface area contributed by atoms with Crippen LogP contribution >= 0.6 is 0 Å². The number of para-hydroxylation sites is 1. The third-order valence-corrected chi connectivity index (χ3v) is 4.09. The van der Waals surface area contributed by atoms with Crippen molar-refractivity contribution in [3.05, 3.63) is 29.8 Å². The van der Waals surface area contributed by atoms with Crippen LogP contribution in [0.2, 0.25) is 0 Å². The Bertz CT molecular complexity index is 440. The molecule has 1 aromatic carbocycles. The molecule has 1 heterocycles. The van der Waals surface area contributed by atoms with Crippen LogP contribution in [0.15, 0.2) is 24.3 Å². The topological polar surface area (TPSA) is 29.0 Å². The molecule has 0 radical (unpaired) electrons. The number of benzene rings is 1. The molecule has 1 saturated carbocycles. The van der Waals surface area contributed by atoms with E-state index in [0.29, 0.717) is 0 Å². The summed E-state index contributed by atoms with van der Waals surface area (Å²) in [6.07, 6.45) is 5.06. The molecule has 1 fully saturated rings. The van der Waals surface area contributed by atoms with Crippen LogP contribution in [0.5, 0.6) is 0 Å². The number of hydrogen-bond acceptors (Lipinski definition) is 1. The Morgan fingerprint density at radius 3 is 2.60 bits per heavy atom. The highest BCUT2D eigenvalue weighted by Crippen LogP contribution is 2.48. The summed E-state index contributed by atoms with van der Waals surface area (Å²) >= 11 is 0. The molecule has 0 amide bonds. The molecule has 2 heteroatoms. The first kappa shape index (κ1) is 8.96. The second-order valence-electron chi connectivity index (χ2n) is 4.75. The normalized spacial score (nSPS) is 22.5. The fourth-order valence-electron chi connectivity index (χ4n) is 3.26. The molecule has 0 saturated heterocycles. The molecule has 1 aliphatic heterocycles. The molecule has 3 rings (SSSR count). The van der Waals surface area contributed by atoms with E-state index in [0.717, 1.165) is 5.84 Å². The highest BCUT2D eigenvalue weighted by Gasteiger charge is 2.50. The summed E-state index contributed by atoms with van der Waals surface area (Å²) in [5.74, 6) is 1.06. The van der Waals surface area contributed by atoms with Gasteiger partial charge in [0.1, 0.15) is 5.69 Å². The van der Waals surface area contributed by atoms with Crippen molar-refractivity contribution in [2.75, 3.05) is 7.05 Å². The quantitative estimate of drug-likeness (QED) is 0.640. The van der Waals surface area contributed by atoms with Gasteiger partial charge in [0.2, 0.25) is 0 Å². The summed E-state index contributed by atoms with van der Waals surface area (Å²) in [6, 6.07) is 8.65. The van der Waals surface area contributed by atoms with Gasteiger partial charge in [0.25, 0.3) is 5.84 Å². The summed E-state index contributed by atoms with van der Waals surface area (Å²) < 4.78 is 2.17. The van der Waals surface area contributed by atoms with Gasteiger partial charge in [0.15, 0.2) is 0 Å². The summed E-state index contributed by atoms with van der Waals surface area (Å²) in [6.45, 7) is 0. The van der Waals surface area contributed by atoms with E-state index in [4.69, 9.17) is 5.73 Å². The minimum atomic E-state index is 0.172. The Hall–Kier alpha value is -1.31. The Morgan fingerprint density at radius 2 is 1.87 bits per heavy atom. The van der Waals surface area contributed by atoms with Gasteiger partial charge in [-0.15, -0.1) is 0 Å². The first-order chi connectivity index (χ1) is 7.26. The van der Waals surface area contributed by atoms with E-state index in [-0.39, 0.29) is 5.41 Å². The van der Waals surface area contributed by atoms with Crippen molar-refractivity contribution in [2.24, 2.45) is 5.73 Å². The lowest BCUT2D eigenvalue weighted by Crippen LogP contribution is -2.38. The van der Waals surface area contributed by atoms with Crippen LogP contribution < -0.4 is 5.73 Å². The van der Waals surface area contributed by atoms with Crippen LogP contribution in [0.25, 0.3) is 0 Å². The largest absolute Gasteiger partial charge is 0.290 e. The lowest BCUT2D eigenvalue weighted by Gasteiger charge is -2.19. The average molecular weight is 201 g/mol. The maximum atomic E-state index is 6.31. The van der Waals surface area contributed by atoms with Crippen LogP contribution in [0.3, 0.4) is 0 Å². The highest BCUT2D eigenvalue weighted by molar-refractivity contribution is 5.93. The second kappa shape index (κ2) is 2.84. The van der Waals surface area contributed by atoms with Gasteiger partial charge >= 0.3 is 0 Å². The fraction of sp³-hybridized carbons (Fsp3) is 0.462. The maximum absolute atomic E-state index is 6.31. The molecule has 15 heavy (non-hydrogen) atoms. The van der Waals surface area contributed by atoms with Crippen molar-refractivity contribution in [2.45, 2.75) is 31.1 Å². The van der Waals surface area contributed by atoms with Crippen LogP contribution in [0.4, 0.5) is 5.69 Å².